The number of nitrogens with zero attached hydrogens (tertiary/aromatic N) is 4. The largest absolute Gasteiger partial charge is 0.488 e. The summed E-state index contributed by atoms with van der Waals surface area (Å²) in [6.45, 7) is 10.2. The minimum absolute atomic E-state index is 0.0113. The van der Waals surface area contributed by atoms with Gasteiger partial charge in [-0.3, -0.25) is 14.5 Å². The first-order chi connectivity index (χ1) is 19.9. The highest BCUT2D eigenvalue weighted by atomic mass is 32.2. The molecule has 1 fully saturated rings. The number of rotatable bonds is 10. The van der Waals surface area contributed by atoms with Crippen molar-refractivity contribution in [3.05, 3.63) is 35.2 Å². The fraction of sp³-hybridized carbons (Fsp3) is 0.607. The number of ether oxygens (including phenoxy) is 2. The summed E-state index contributed by atoms with van der Waals surface area (Å²) < 4.78 is 44.8. The average molecular weight is 608 g/mol. The van der Waals surface area contributed by atoms with Crippen molar-refractivity contribution in [3.8, 4) is 5.75 Å². The van der Waals surface area contributed by atoms with Gasteiger partial charge in [-0.25, -0.2) is 8.42 Å². The van der Waals surface area contributed by atoms with E-state index in [0.717, 1.165) is 13.1 Å². The van der Waals surface area contributed by atoms with Crippen LogP contribution in [0.25, 0.3) is 0 Å². The van der Waals surface area contributed by atoms with Gasteiger partial charge in [0, 0.05) is 51.3 Å². The van der Waals surface area contributed by atoms with Crippen molar-refractivity contribution in [3.63, 3.8) is 0 Å². The number of aromatic nitrogens is 1. The van der Waals surface area contributed by atoms with Gasteiger partial charge >= 0.3 is 0 Å². The van der Waals surface area contributed by atoms with E-state index in [4.69, 9.17) is 14.0 Å². The molecule has 3 heterocycles. The van der Waals surface area contributed by atoms with Crippen LogP contribution < -0.4 is 10.1 Å². The summed E-state index contributed by atoms with van der Waals surface area (Å²) in [7, 11) is -2.47. The van der Waals surface area contributed by atoms with Crippen molar-refractivity contribution in [2.75, 3.05) is 64.9 Å². The summed E-state index contributed by atoms with van der Waals surface area (Å²) in [5, 5.41) is 16.6. The number of fused-ring (bicyclic) bond motifs is 1. The molecule has 0 unspecified atom stereocenters. The Bertz CT molecular complexity index is 1350. The number of sulfonamides is 1. The molecule has 2 amide bonds. The van der Waals surface area contributed by atoms with Gasteiger partial charge in [0.2, 0.25) is 15.9 Å². The van der Waals surface area contributed by atoms with Crippen LogP contribution in [0.5, 0.6) is 5.75 Å². The highest BCUT2D eigenvalue weighted by Crippen LogP contribution is 2.32. The molecule has 2 aliphatic rings. The second-order valence-electron chi connectivity index (χ2n) is 11.0. The molecule has 1 saturated heterocycles. The number of morpholine rings is 1. The van der Waals surface area contributed by atoms with Gasteiger partial charge < -0.3 is 29.3 Å². The van der Waals surface area contributed by atoms with Gasteiger partial charge in [-0.2, -0.15) is 4.31 Å². The molecule has 4 rings (SSSR count). The molecule has 42 heavy (non-hydrogen) atoms. The lowest BCUT2D eigenvalue weighted by molar-refractivity contribution is -0.116. The van der Waals surface area contributed by atoms with Crippen LogP contribution in [0.3, 0.4) is 0 Å². The van der Waals surface area contributed by atoms with E-state index in [0.29, 0.717) is 31.9 Å². The van der Waals surface area contributed by atoms with Crippen molar-refractivity contribution in [1.29, 1.82) is 0 Å². The Morgan fingerprint density at radius 1 is 1.26 bits per heavy atom. The van der Waals surface area contributed by atoms with E-state index in [-0.39, 0.29) is 65.1 Å². The van der Waals surface area contributed by atoms with Crippen molar-refractivity contribution in [2.24, 2.45) is 5.92 Å². The maximum atomic E-state index is 13.7. The number of aryl methyl sites for hydroxylation is 2. The monoisotopic (exact) mass is 607 g/mol. The molecule has 1 aromatic carbocycles. The second-order valence-corrected chi connectivity index (χ2v) is 13.0. The van der Waals surface area contributed by atoms with E-state index in [9.17, 15) is 23.1 Å². The highest BCUT2D eigenvalue weighted by Gasteiger charge is 2.36. The molecule has 232 valence electrons. The van der Waals surface area contributed by atoms with Crippen molar-refractivity contribution in [2.45, 2.75) is 51.2 Å². The van der Waals surface area contributed by atoms with Crippen LogP contribution in [-0.2, 0) is 19.6 Å². The van der Waals surface area contributed by atoms with Gasteiger partial charge in [-0.15, -0.1) is 0 Å². The lowest BCUT2D eigenvalue weighted by atomic mass is 9.99. The minimum Gasteiger partial charge on any atom is -0.488 e. The zero-order valence-electron chi connectivity index (χ0n) is 24.8. The number of nitrogens with one attached hydrogen (secondary N) is 1. The number of carbonyl (C=O) groups is 2. The molecule has 0 bridgehead atoms. The number of hydrogen-bond donors (Lipinski definition) is 2. The average Bonchev–Trinajstić information content (AvgIpc) is 3.32. The summed E-state index contributed by atoms with van der Waals surface area (Å²) in [6, 6.07) is 4.34. The number of anilines is 1. The molecule has 0 aliphatic carbocycles. The molecule has 2 N–H and O–H groups in total. The van der Waals surface area contributed by atoms with E-state index >= 15 is 0 Å². The number of hydrogen-bond acceptors (Lipinski definition) is 10. The number of aliphatic hydroxyl groups is 1. The van der Waals surface area contributed by atoms with Gasteiger partial charge in [0.15, 0.2) is 5.76 Å². The third-order valence-corrected chi connectivity index (χ3v) is 9.85. The summed E-state index contributed by atoms with van der Waals surface area (Å²) in [5.74, 6) is -0.361. The zero-order valence-corrected chi connectivity index (χ0v) is 25.6. The summed E-state index contributed by atoms with van der Waals surface area (Å²) in [4.78, 5) is 30.1. The summed E-state index contributed by atoms with van der Waals surface area (Å²) >= 11 is 0. The van der Waals surface area contributed by atoms with Crippen molar-refractivity contribution >= 4 is 27.5 Å². The van der Waals surface area contributed by atoms with Gasteiger partial charge in [-0.05, 0) is 39.0 Å². The maximum Gasteiger partial charge on any atom is 0.258 e. The summed E-state index contributed by atoms with van der Waals surface area (Å²) in [5.41, 5.74) is 0.927. The Labute approximate surface area is 246 Å². The van der Waals surface area contributed by atoms with Gasteiger partial charge in [-0.1, -0.05) is 12.1 Å². The maximum absolute atomic E-state index is 13.7. The van der Waals surface area contributed by atoms with Crippen LogP contribution in [0.2, 0.25) is 0 Å². The van der Waals surface area contributed by atoms with Gasteiger partial charge in [0.1, 0.15) is 22.4 Å². The predicted molar refractivity (Wildman–Crippen MR) is 154 cm³/mol. The number of amides is 2. The first-order valence-electron chi connectivity index (χ1n) is 14.1. The topological polar surface area (TPSA) is 155 Å². The molecule has 0 radical (unpaired) electrons. The molecule has 0 saturated carbocycles. The van der Waals surface area contributed by atoms with Crippen LogP contribution in [0, 0.1) is 19.8 Å². The standard InChI is InChI=1S/C28H41N5O8S/c1-18-15-33(19(2)17-34)28(36)23-14-22(29-26(35)8-9-32-10-12-39-13-11-32)6-7-24(23)40-25(18)16-31(5)42(37,38)27-20(3)30-41-21(27)4/h6-7,14,18-19,25,34H,8-13,15-17H2,1-5H3,(H,29,35)/t18-,19+,25-/m0/s1. The van der Waals surface area contributed by atoms with E-state index < -0.39 is 22.2 Å². The van der Waals surface area contributed by atoms with Crippen LogP contribution >= 0.6 is 0 Å². The Morgan fingerprint density at radius 3 is 2.62 bits per heavy atom. The van der Waals surface area contributed by atoms with E-state index in [1.54, 1.807) is 43.9 Å². The molecule has 14 heteroatoms. The lowest BCUT2D eigenvalue weighted by Crippen LogP contribution is -2.50. The van der Waals surface area contributed by atoms with Crippen molar-refractivity contribution in [1.82, 2.24) is 19.3 Å². The lowest BCUT2D eigenvalue weighted by Gasteiger charge is -2.38. The second kappa shape index (κ2) is 13.5. The van der Waals surface area contributed by atoms with Crippen molar-refractivity contribution < 1.29 is 37.1 Å². The third kappa shape index (κ3) is 7.11. The molecule has 13 nitrogen and oxygen atoms in total. The number of benzene rings is 1. The SMILES string of the molecule is Cc1noc(C)c1S(=O)(=O)N(C)C[C@@H]1Oc2ccc(NC(=O)CCN3CCOCC3)cc2C(=O)N([C@H](C)CO)C[C@@H]1C. The molecule has 1 aromatic heterocycles. The van der Waals surface area contributed by atoms with Crippen LogP contribution in [0.15, 0.2) is 27.6 Å². The minimum atomic E-state index is -3.94. The Kier molecular flexibility index (Phi) is 10.3. The Balaban J connectivity index is 1.57. The molecular weight excluding hydrogens is 566 g/mol. The smallest absolute Gasteiger partial charge is 0.258 e. The summed E-state index contributed by atoms with van der Waals surface area (Å²) in [6.07, 6.45) is -0.347. The normalized spacial score (nSPS) is 20.9. The Hall–Kier alpha value is -3.04. The number of carbonyl (C=O) groups excluding carboxylic acids is 2. The molecule has 2 aliphatic heterocycles. The first-order valence-corrected chi connectivity index (χ1v) is 15.6. The van der Waals surface area contributed by atoms with Crippen LogP contribution in [0.1, 0.15) is 42.1 Å². The van der Waals surface area contributed by atoms with E-state index in [1.165, 1.54) is 11.4 Å². The van der Waals surface area contributed by atoms with E-state index in [2.05, 4.69) is 15.4 Å². The Morgan fingerprint density at radius 2 is 1.98 bits per heavy atom. The molecule has 0 spiro atoms. The van der Waals surface area contributed by atoms with Gasteiger partial charge in [0.05, 0.1) is 38.0 Å². The quantitative estimate of drug-likeness (QED) is 0.406. The van der Waals surface area contributed by atoms with E-state index in [1.807, 2.05) is 6.92 Å². The van der Waals surface area contributed by atoms with Crippen LogP contribution in [0.4, 0.5) is 5.69 Å². The zero-order chi connectivity index (χ0) is 30.6. The van der Waals surface area contributed by atoms with Gasteiger partial charge in [0.25, 0.3) is 5.91 Å². The predicted octanol–water partition coefficient (Wildman–Crippen LogP) is 1.49. The number of likely N-dealkylation sites (N-methyl/N-ethyl adjacent to an activating group) is 1. The van der Waals surface area contributed by atoms with Crippen LogP contribution in [-0.4, -0.2) is 116 Å². The number of aliphatic hydroxyl groups excluding tert-OH is 1. The fourth-order valence-electron chi connectivity index (χ4n) is 5.18. The third-order valence-electron chi connectivity index (χ3n) is 7.78. The first kappa shape index (κ1) is 31.9. The molecule has 3 atom stereocenters. The molecule has 2 aromatic rings. The highest BCUT2D eigenvalue weighted by molar-refractivity contribution is 7.89. The molecular formula is C28H41N5O8S. The fourth-order valence-corrected chi connectivity index (χ4v) is 6.64.